The van der Waals surface area contributed by atoms with E-state index < -0.39 is 0 Å². The average molecular weight is 245 g/mol. The van der Waals surface area contributed by atoms with E-state index in [0.717, 1.165) is 12.8 Å². The maximum absolute atomic E-state index is 11.9. The maximum Gasteiger partial charge on any atom is 0.297 e. The average Bonchev–Trinajstić information content (AvgIpc) is 2.29. The number of nitrogens with zero attached hydrogens (tertiary/aromatic N) is 2. The predicted octanol–water partition coefficient (Wildman–Crippen LogP) is 2.34. The highest BCUT2D eigenvalue weighted by Gasteiger charge is 2.12. The van der Waals surface area contributed by atoms with Crippen molar-refractivity contribution in [1.82, 2.24) is 9.55 Å². The highest BCUT2D eigenvalue weighted by Crippen LogP contribution is 2.16. The Morgan fingerprint density at radius 2 is 2.12 bits per heavy atom. The van der Waals surface area contributed by atoms with Crippen LogP contribution in [0.25, 0.3) is 0 Å². The lowest BCUT2D eigenvalue weighted by atomic mass is 10.0. The third kappa shape index (κ3) is 2.76. The summed E-state index contributed by atoms with van der Waals surface area (Å²) in [5, 5.41) is 0.119. The lowest BCUT2D eigenvalue weighted by molar-refractivity contribution is 0.377. The van der Waals surface area contributed by atoms with Crippen LogP contribution in [0.1, 0.15) is 26.7 Å². The summed E-state index contributed by atoms with van der Waals surface area (Å²) in [7, 11) is 1.42. The van der Waals surface area contributed by atoms with Crippen LogP contribution in [0.3, 0.4) is 0 Å². The van der Waals surface area contributed by atoms with Crippen LogP contribution in [-0.4, -0.2) is 16.7 Å². The van der Waals surface area contributed by atoms with Gasteiger partial charge in [-0.05, 0) is 5.92 Å². The topological polar surface area (TPSA) is 44.1 Å². The number of hydrogen-bond donors (Lipinski definition) is 0. The summed E-state index contributed by atoms with van der Waals surface area (Å²) < 4.78 is 6.50. The zero-order valence-electron chi connectivity index (χ0n) is 9.86. The molecule has 0 aliphatic heterocycles. The van der Waals surface area contributed by atoms with Crippen molar-refractivity contribution >= 4 is 11.6 Å². The number of halogens is 1. The summed E-state index contributed by atoms with van der Waals surface area (Å²) in [6.45, 7) is 4.88. The molecule has 0 bridgehead atoms. The van der Waals surface area contributed by atoms with Gasteiger partial charge in [0, 0.05) is 6.54 Å². The van der Waals surface area contributed by atoms with Crippen molar-refractivity contribution < 1.29 is 4.74 Å². The normalized spacial score (nSPS) is 10.8. The Kier molecular flexibility index (Phi) is 4.80. The minimum atomic E-state index is -0.214. The molecular formula is C11H17ClN2O2. The maximum atomic E-state index is 11.9. The van der Waals surface area contributed by atoms with Gasteiger partial charge in [0.2, 0.25) is 5.75 Å². The first-order valence-corrected chi connectivity index (χ1v) is 5.80. The smallest absolute Gasteiger partial charge is 0.297 e. The molecule has 0 aliphatic rings. The summed E-state index contributed by atoms with van der Waals surface area (Å²) in [6.07, 6.45) is 3.55. The van der Waals surface area contributed by atoms with E-state index >= 15 is 0 Å². The molecule has 5 heteroatoms. The Morgan fingerprint density at radius 1 is 1.50 bits per heavy atom. The van der Waals surface area contributed by atoms with Gasteiger partial charge in [0.15, 0.2) is 5.15 Å². The quantitative estimate of drug-likeness (QED) is 0.747. The van der Waals surface area contributed by atoms with Crippen molar-refractivity contribution in [2.24, 2.45) is 5.92 Å². The van der Waals surface area contributed by atoms with E-state index in [2.05, 4.69) is 18.8 Å². The van der Waals surface area contributed by atoms with Gasteiger partial charge in [-0.25, -0.2) is 4.98 Å². The van der Waals surface area contributed by atoms with E-state index in [-0.39, 0.29) is 16.5 Å². The summed E-state index contributed by atoms with van der Waals surface area (Å²) in [5.74, 6) is 0.598. The van der Waals surface area contributed by atoms with E-state index in [0.29, 0.717) is 12.5 Å². The number of rotatable bonds is 5. The van der Waals surface area contributed by atoms with Crippen LogP contribution in [0.2, 0.25) is 5.15 Å². The van der Waals surface area contributed by atoms with Gasteiger partial charge in [-0.3, -0.25) is 9.36 Å². The molecule has 0 atom stereocenters. The number of methoxy groups -OCH3 is 1. The Labute approximate surface area is 100 Å². The highest BCUT2D eigenvalue weighted by atomic mass is 35.5. The van der Waals surface area contributed by atoms with Crippen molar-refractivity contribution in [3.63, 3.8) is 0 Å². The van der Waals surface area contributed by atoms with Gasteiger partial charge in [0.05, 0.1) is 13.4 Å². The fraction of sp³-hybridized carbons (Fsp3) is 0.636. The molecule has 0 saturated heterocycles. The van der Waals surface area contributed by atoms with Gasteiger partial charge in [-0.2, -0.15) is 0 Å². The van der Waals surface area contributed by atoms with Crippen LogP contribution < -0.4 is 10.3 Å². The molecule has 0 radical (unpaired) electrons. The van der Waals surface area contributed by atoms with Crippen LogP contribution in [-0.2, 0) is 6.54 Å². The second kappa shape index (κ2) is 5.89. The largest absolute Gasteiger partial charge is 0.489 e. The number of aromatic nitrogens is 2. The van der Waals surface area contributed by atoms with Crippen LogP contribution in [0.4, 0.5) is 0 Å². The Morgan fingerprint density at radius 3 is 2.62 bits per heavy atom. The van der Waals surface area contributed by atoms with Gasteiger partial charge in [-0.1, -0.05) is 38.3 Å². The SMILES string of the molecule is CCC(CC)Cn1cnc(Cl)c(OC)c1=O. The molecule has 0 fully saturated rings. The van der Waals surface area contributed by atoms with E-state index in [1.165, 1.54) is 13.4 Å². The molecule has 0 N–H and O–H groups in total. The molecule has 16 heavy (non-hydrogen) atoms. The molecule has 0 spiro atoms. The van der Waals surface area contributed by atoms with Crippen molar-refractivity contribution in [2.45, 2.75) is 33.2 Å². The number of hydrogen-bond acceptors (Lipinski definition) is 3. The molecule has 0 aliphatic carbocycles. The standard InChI is InChI=1S/C11H17ClN2O2/c1-4-8(5-2)6-14-7-13-10(12)9(16-3)11(14)15/h7-8H,4-6H2,1-3H3. The minimum Gasteiger partial charge on any atom is -0.489 e. The molecule has 90 valence electrons. The van der Waals surface area contributed by atoms with Crippen LogP contribution in [0.5, 0.6) is 5.75 Å². The Bertz CT molecular complexity index is 399. The molecule has 1 aromatic rings. The molecule has 4 nitrogen and oxygen atoms in total. The first kappa shape index (κ1) is 13.0. The van der Waals surface area contributed by atoms with Gasteiger partial charge in [0.1, 0.15) is 0 Å². The van der Waals surface area contributed by atoms with Gasteiger partial charge in [-0.15, -0.1) is 0 Å². The molecular weight excluding hydrogens is 228 g/mol. The second-order valence-electron chi connectivity index (χ2n) is 3.71. The van der Waals surface area contributed by atoms with E-state index in [1.54, 1.807) is 4.57 Å². The molecule has 1 aromatic heterocycles. The molecule has 0 saturated carbocycles. The third-order valence-corrected chi connectivity index (χ3v) is 3.04. The Balaban J connectivity index is 3.02. The lowest BCUT2D eigenvalue weighted by Gasteiger charge is -2.14. The van der Waals surface area contributed by atoms with Gasteiger partial charge >= 0.3 is 0 Å². The molecule has 1 heterocycles. The molecule has 0 amide bonds. The van der Waals surface area contributed by atoms with Crippen LogP contribution in [0, 0.1) is 5.92 Å². The molecule has 0 unspecified atom stereocenters. The zero-order chi connectivity index (χ0) is 12.1. The van der Waals surface area contributed by atoms with E-state index in [9.17, 15) is 4.79 Å². The first-order chi connectivity index (χ1) is 7.63. The fourth-order valence-corrected chi connectivity index (χ4v) is 1.78. The monoisotopic (exact) mass is 244 g/mol. The van der Waals surface area contributed by atoms with Gasteiger partial charge < -0.3 is 4.74 Å². The van der Waals surface area contributed by atoms with Crippen LogP contribution in [0.15, 0.2) is 11.1 Å². The van der Waals surface area contributed by atoms with Crippen molar-refractivity contribution in [2.75, 3.05) is 7.11 Å². The Hall–Kier alpha value is -1.03. The second-order valence-corrected chi connectivity index (χ2v) is 4.07. The minimum absolute atomic E-state index is 0.119. The van der Waals surface area contributed by atoms with E-state index in [4.69, 9.17) is 16.3 Å². The highest BCUT2D eigenvalue weighted by molar-refractivity contribution is 6.30. The third-order valence-electron chi connectivity index (χ3n) is 2.77. The summed E-state index contributed by atoms with van der Waals surface area (Å²) in [5.41, 5.74) is -0.214. The van der Waals surface area contributed by atoms with E-state index in [1.807, 2.05) is 0 Å². The molecule has 0 aromatic carbocycles. The summed E-state index contributed by atoms with van der Waals surface area (Å²) in [4.78, 5) is 15.8. The molecule has 1 rings (SSSR count). The fourth-order valence-electron chi connectivity index (χ4n) is 1.58. The summed E-state index contributed by atoms with van der Waals surface area (Å²) in [6, 6.07) is 0. The van der Waals surface area contributed by atoms with Crippen LogP contribution >= 0.6 is 11.6 Å². The lowest BCUT2D eigenvalue weighted by Crippen LogP contribution is -2.25. The zero-order valence-corrected chi connectivity index (χ0v) is 10.6. The van der Waals surface area contributed by atoms with Crippen molar-refractivity contribution in [3.05, 3.63) is 21.8 Å². The predicted molar refractivity (Wildman–Crippen MR) is 64.1 cm³/mol. The van der Waals surface area contributed by atoms with Crippen molar-refractivity contribution in [3.8, 4) is 5.75 Å². The first-order valence-electron chi connectivity index (χ1n) is 5.42. The number of ether oxygens (including phenoxy) is 1. The van der Waals surface area contributed by atoms with Gasteiger partial charge in [0.25, 0.3) is 5.56 Å². The summed E-state index contributed by atoms with van der Waals surface area (Å²) >= 11 is 5.76. The van der Waals surface area contributed by atoms with Crippen molar-refractivity contribution in [1.29, 1.82) is 0 Å².